The number of hydrogen-bond donors (Lipinski definition) is 1. The van der Waals surface area contributed by atoms with Crippen LogP contribution in [-0.4, -0.2) is 45.3 Å². The highest BCUT2D eigenvalue weighted by molar-refractivity contribution is 4.48. The Balaban J connectivity index is 2.99. The van der Waals surface area contributed by atoms with E-state index in [2.05, 4.69) is 33.4 Å². The monoisotopic (exact) mass is 229 g/mol. The van der Waals surface area contributed by atoms with Gasteiger partial charge < -0.3 is 9.80 Å². The molecule has 0 aromatic rings. The minimum Gasteiger partial charge on any atom is -0.331 e. The van der Waals surface area contributed by atoms with Crippen LogP contribution in [0.4, 0.5) is 0 Å². The molecule has 0 fully saturated rings. The zero-order valence-corrected chi connectivity index (χ0v) is 12.0. The maximum absolute atomic E-state index is 3.37. The van der Waals surface area contributed by atoms with Crippen LogP contribution in [0, 0.1) is 0 Å². The first-order valence-electron chi connectivity index (χ1n) is 7.07. The summed E-state index contributed by atoms with van der Waals surface area (Å²) < 4.78 is 1.11. The van der Waals surface area contributed by atoms with Gasteiger partial charge in [0.2, 0.25) is 0 Å². The summed E-state index contributed by atoms with van der Waals surface area (Å²) in [6.45, 7) is 5.82. The van der Waals surface area contributed by atoms with E-state index < -0.39 is 0 Å². The van der Waals surface area contributed by atoms with Crippen molar-refractivity contribution in [2.45, 2.75) is 51.9 Å². The number of nitrogens with one attached hydrogen (secondary N) is 1. The second kappa shape index (κ2) is 10.1. The lowest BCUT2D eigenvalue weighted by Gasteiger charge is -2.23. The summed E-state index contributed by atoms with van der Waals surface area (Å²) in [6, 6.07) is 0. The molecule has 0 spiro atoms. The molecule has 0 aromatic heterocycles. The number of nitrogens with zero attached hydrogens (tertiary/aromatic N) is 1. The van der Waals surface area contributed by atoms with Crippen molar-refractivity contribution in [3.63, 3.8) is 0 Å². The van der Waals surface area contributed by atoms with Crippen LogP contribution in [0.3, 0.4) is 0 Å². The van der Waals surface area contributed by atoms with Crippen LogP contribution >= 0.6 is 0 Å². The van der Waals surface area contributed by atoms with Gasteiger partial charge >= 0.3 is 0 Å². The van der Waals surface area contributed by atoms with E-state index in [1.807, 2.05) is 0 Å². The van der Waals surface area contributed by atoms with Gasteiger partial charge in [-0.3, -0.25) is 0 Å². The third-order valence-corrected chi connectivity index (χ3v) is 2.93. The Hall–Kier alpha value is -0.0800. The molecule has 0 amide bonds. The summed E-state index contributed by atoms with van der Waals surface area (Å²) in [7, 11) is 6.84. The fraction of sp³-hybridized carbons (Fsp3) is 1.00. The molecule has 0 unspecified atom stereocenters. The molecule has 1 N–H and O–H groups in total. The first-order valence-corrected chi connectivity index (χ1v) is 7.07. The zero-order valence-electron chi connectivity index (χ0n) is 12.0. The molecule has 98 valence electrons. The number of hydrogen-bond acceptors (Lipinski definition) is 1. The summed E-state index contributed by atoms with van der Waals surface area (Å²) in [5.74, 6) is 0. The average Bonchev–Trinajstić information content (AvgIpc) is 2.19. The molecular formula is C14H33N2+. The van der Waals surface area contributed by atoms with Gasteiger partial charge in [0.25, 0.3) is 0 Å². The molecule has 0 rings (SSSR count). The summed E-state index contributed by atoms with van der Waals surface area (Å²) in [4.78, 5) is 0. The molecule has 2 heteroatoms. The van der Waals surface area contributed by atoms with Crippen molar-refractivity contribution in [3.8, 4) is 0 Å². The smallest absolute Gasteiger partial charge is 0.0780 e. The van der Waals surface area contributed by atoms with Crippen LogP contribution < -0.4 is 5.32 Å². The summed E-state index contributed by atoms with van der Waals surface area (Å²) in [5.41, 5.74) is 0. The minimum atomic E-state index is 1.11. The highest BCUT2D eigenvalue weighted by Crippen LogP contribution is 2.08. The average molecular weight is 229 g/mol. The van der Waals surface area contributed by atoms with E-state index in [4.69, 9.17) is 0 Å². The SMILES string of the molecule is CCNCCCCCCCCC[N+](C)(C)C. The summed E-state index contributed by atoms with van der Waals surface area (Å²) in [6.07, 6.45) is 9.86. The molecule has 0 saturated heterocycles. The third-order valence-electron chi connectivity index (χ3n) is 2.93. The van der Waals surface area contributed by atoms with Crippen LogP contribution in [0.1, 0.15) is 51.9 Å². The Labute approximate surface area is 103 Å². The Morgan fingerprint density at radius 1 is 0.750 bits per heavy atom. The maximum atomic E-state index is 3.37. The van der Waals surface area contributed by atoms with E-state index in [9.17, 15) is 0 Å². The largest absolute Gasteiger partial charge is 0.331 e. The van der Waals surface area contributed by atoms with E-state index >= 15 is 0 Å². The van der Waals surface area contributed by atoms with Gasteiger partial charge in [-0.25, -0.2) is 0 Å². The van der Waals surface area contributed by atoms with Gasteiger partial charge in [0.05, 0.1) is 27.7 Å². The van der Waals surface area contributed by atoms with Crippen molar-refractivity contribution < 1.29 is 4.48 Å². The summed E-state index contributed by atoms with van der Waals surface area (Å²) in [5, 5.41) is 3.37. The third kappa shape index (κ3) is 13.9. The molecule has 2 nitrogen and oxygen atoms in total. The van der Waals surface area contributed by atoms with E-state index in [-0.39, 0.29) is 0 Å². The predicted molar refractivity (Wildman–Crippen MR) is 73.8 cm³/mol. The first kappa shape index (κ1) is 15.9. The highest BCUT2D eigenvalue weighted by atomic mass is 15.3. The molecule has 0 saturated carbocycles. The Morgan fingerprint density at radius 3 is 1.75 bits per heavy atom. The summed E-state index contributed by atoms with van der Waals surface area (Å²) >= 11 is 0. The predicted octanol–water partition coefficient (Wildman–Crippen LogP) is 3.03. The van der Waals surface area contributed by atoms with Crippen molar-refractivity contribution >= 4 is 0 Å². The molecule has 0 bridgehead atoms. The Bertz CT molecular complexity index is 138. The van der Waals surface area contributed by atoms with E-state index in [0.717, 1.165) is 11.0 Å². The lowest BCUT2D eigenvalue weighted by molar-refractivity contribution is -0.870. The standard InChI is InChI=1S/C14H33N2/c1-5-15-13-11-9-7-6-8-10-12-14-16(2,3)4/h15H,5-14H2,1-4H3/q+1. The second-order valence-electron chi connectivity index (χ2n) is 5.84. The first-order chi connectivity index (χ1) is 7.56. The van der Waals surface area contributed by atoms with Crippen molar-refractivity contribution in [1.29, 1.82) is 0 Å². The van der Waals surface area contributed by atoms with Crippen molar-refractivity contribution in [3.05, 3.63) is 0 Å². The molecule has 16 heavy (non-hydrogen) atoms. The van der Waals surface area contributed by atoms with E-state index in [0.29, 0.717) is 0 Å². The molecule has 0 atom stereocenters. The van der Waals surface area contributed by atoms with Crippen LogP contribution in [0.5, 0.6) is 0 Å². The Morgan fingerprint density at radius 2 is 1.25 bits per heavy atom. The van der Waals surface area contributed by atoms with Crippen LogP contribution in [0.15, 0.2) is 0 Å². The quantitative estimate of drug-likeness (QED) is 0.424. The highest BCUT2D eigenvalue weighted by Gasteiger charge is 2.04. The molecule has 0 aliphatic heterocycles. The van der Waals surface area contributed by atoms with Gasteiger partial charge in [0, 0.05) is 0 Å². The number of rotatable bonds is 11. The second-order valence-corrected chi connectivity index (χ2v) is 5.84. The normalized spacial score (nSPS) is 12.0. The molecule has 0 aliphatic carbocycles. The molecular weight excluding hydrogens is 196 g/mol. The van der Waals surface area contributed by atoms with Gasteiger partial charge in [-0.2, -0.15) is 0 Å². The molecule has 0 heterocycles. The lowest BCUT2D eigenvalue weighted by Crippen LogP contribution is -2.35. The Kier molecular flexibility index (Phi) is 10.0. The van der Waals surface area contributed by atoms with Crippen molar-refractivity contribution in [1.82, 2.24) is 5.32 Å². The number of quaternary nitrogens is 1. The fourth-order valence-electron chi connectivity index (χ4n) is 1.90. The van der Waals surface area contributed by atoms with Crippen LogP contribution in [0.25, 0.3) is 0 Å². The van der Waals surface area contributed by atoms with E-state index in [1.165, 1.54) is 58.0 Å². The molecule has 0 radical (unpaired) electrons. The minimum absolute atomic E-state index is 1.11. The fourth-order valence-corrected chi connectivity index (χ4v) is 1.90. The molecule has 0 aromatic carbocycles. The zero-order chi connectivity index (χ0) is 12.3. The lowest BCUT2D eigenvalue weighted by atomic mass is 10.1. The molecule has 0 aliphatic rings. The maximum Gasteiger partial charge on any atom is 0.0780 e. The van der Waals surface area contributed by atoms with Gasteiger partial charge in [-0.15, -0.1) is 0 Å². The van der Waals surface area contributed by atoms with Crippen LogP contribution in [0.2, 0.25) is 0 Å². The van der Waals surface area contributed by atoms with Gasteiger partial charge in [-0.05, 0) is 32.4 Å². The topological polar surface area (TPSA) is 12.0 Å². The van der Waals surface area contributed by atoms with Crippen LogP contribution in [-0.2, 0) is 0 Å². The van der Waals surface area contributed by atoms with Crippen molar-refractivity contribution in [2.24, 2.45) is 0 Å². The van der Waals surface area contributed by atoms with Crippen molar-refractivity contribution in [2.75, 3.05) is 40.8 Å². The van der Waals surface area contributed by atoms with E-state index in [1.54, 1.807) is 0 Å². The van der Waals surface area contributed by atoms with Gasteiger partial charge in [0.15, 0.2) is 0 Å². The van der Waals surface area contributed by atoms with Gasteiger partial charge in [-0.1, -0.05) is 32.6 Å². The number of unbranched alkanes of at least 4 members (excludes halogenated alkanes) is 6. The van der Waals surface area contributed by atoms with Gasteiger partial charge in [0.1, 0.15) is 0 Å².